The number of carbonyl (C=O) groups is 1. The lowest BCUT2D eigenvalue weighted by atomic mass is 9.97. The van der Waals surface area contributed by atoms with Crippen molar-refractivity contribution >= 4 is 5.97 Å². The highest BCUT2D eigenvalue weighted by molar-refractivity contribution is 5.70. The van der Waals surface area contributed by atoms with Crippen molar-refractivity contribution in [3.8, 4) is 0 Å². The number of hydrogen-bond donors (Lipinski definition) is 0. The van der Waals surface area contributed by atoms with Crippen LogP contribution in [0.25, 0.3) is 0 Å². The minimum atomic E-state index is -0.210. The fourth-order valence-electron chi connectivity index (χ4n) is 2.36. The van der Waals surface area contributed by atoms with E-state index in [-0.39, 0.29) is 24.8 Å². The molecule has 2 rings (SSSR count). The summed E-state index contributed by atoms with van der Waals surface area (Å²) in [5, 5.41) is 0. The number of carbonyl (C=O) groups excluding carboxylic acids is 1. The summed E-state index contributed by atoms with van der Waals surface area (Å²) in [6.45, 7) is 3.79. The fraction of sp³-hybridized carbons (Fsp3) is 0.438. The van der Waals surface area contributed by atoms with Crippen molar-refractivity contribution < 1.29 is 14.3 Å². The lowest BCUT2D eigenvalue weighted by Crippen LogP contribution is -2.25. The predicted molar refractivity (Wildman–Crippen MR) is 73.7 cm³/mol. The first kappa shape index (κ1) is 13.8. The van der Waals surface area contributed by atoms with Gasteiger partial charge in [-0.1, -0.05) is 43.0 Å². The van der Waals surface area contributed by atoms with Crippen LogP contribution in [0.4, 0.5) is 0 Å². The van der Waals surface area contributed by atoms with Crippen molar-refractivity contribution in [2.24, 2.45) is 0 Å². The molecule has 0 aromatic heterocycles. The van der Waals surface area contributed by atoms with E-state index in [1.807, 2.05) is 18.2 Å². The molecule has 1 saturated heterocycles. The van der Waals surface area contributed by atoms with Gasteiger partial charge >= 0.3 is 5.97 Å². The van der Waals surface area contributed by atoms with Crippen LogP contribution in [-0.2, 0) is 14.3 Å². The van der Waals surface area contributed by atoms with Crippen molar-refractivity contribution in [2.75, 3.05) is 6.61 Å². The Morgan fingerprint density at radius 2 is 2.16 bits per heavy atom. The summed E-state index contributed by atoms with van der Waals surface area (Å²) >= 11 is 0. The maximum absolute atomic E-state index is 11.6. The van der Waals surface area contributed by atoms with Crippen LogP contribution < -0.4 is 0 Å². The molecule has 3 heteroatoms. The molecule has 1 aliphatic rings. The lowest BCUT2D eigenvalue weighted by molar-refractivity contribution is -0.148. The molecule has 0 aliphatic carbocycles. The minimum Gasteiger partial charge on any atom is -0.461 e. The number of hydrogen-bond acceptors (Lipinski definition) is 3. The Labute approximate surface area is 114 Å². The van der Waals surface area contributed by atoms with Gasteiger partial charge < -0.3 is 9.47 Å². The second kappa shape index (κ2) is 7.10. The zero-order valence-corrected chi connectivity index (χ0v) is 11.1. The van der Waals surface area contributed by atoms with E-state index in [0.717, 1.165) is 19.3 Å². The molecule has 0 spiro atoms. The van der Waals surface area contributed by atoms with Gasteiger partial charge in [0.15, 0.2) is 0 Å². The van der Waals surface area contributed by atoms with E-state index < -0.39 is 0 Å². The largest absolute Gasteiger partial charge is 0.461 e. The SMILES string of the molecule is C=CCOC(=O)C[C@@H]1CCC[C@H](c2ccccc2)O1. The van der Waals surface area contributed by atoms with Gasteiger partial charge in [-0.15, -0.1) is 0 Å². The third-order valence-corrected chi connectivity index (χ3v) is 3.28. The van der Waals surface area contributed by atoms with E-state index in [9.17, 15) is 4.79 Å². The van der Waals surface area contributed by atoms with Gasteiger partial charge in [0.1, 0.15) is 6.61 Å². The number of ether oxygens (including phenoxy) is 2. The Kier molecular flexibility index (Phi) is 5.16. The summed E-state index contributed by atoms with van der Waals surface area (Å²) in [6.07, 6.45) is 5.00. The predicted octanol–water partition coefficient (Wildman–Crippen LogP) is 3.42. The summed E-state index contributed by atoms with van der Waals surface area (Å²) in [7, 11) is 0. The van der Waals surface area contributed by atoms with E-state index >= 15 is 0 Å². The molecule has 1 aromatic rings. The Morgan fingerprint density at radius 3 is 2.89 bits per heavy atom. The highest BCUT2D eigenvalue weighted by Gasteiger charge is 2.25. The average molecular weight is 260 g/mol. The van der Waals surface area contributed by atoms with E-state index in [1.165, 1.54) is 5.56 Å². The smallest absolute Gasteiger partial charge is 0.308 e. The van der Waals surface area contributed by atoms with Crippen molar-refractivity contribution in [2.45, 2.75) is 37.9 Å². The van der Waals surface area contributed by atoms with Gasteiger partial charge in [-0.25, -0.2) is 0 Å². The molecular weight excluding hydrogens is 240 g/mol. The van der Waals surface area contributed by atoms with Crippen LogP contribution in [0.1, 0.15) is 37.4 Å². The first-order valence-electron chi connectivity index (χ1n) is 6.76. The van der Waals surface area contributed by atoms with Gasteiger partial charge in [0.2, 0.25) is 0 Å². The van der Waals surface area contributed by atoms with Crippen molar-refractivity contribution in [3.05, 3.63) is 48.6 Å². The highest BCUT2D eigenvalue weighted by atomic mass is 16.5. The van der Waals surface area contributed by atoms with Crippen LogP contribution in [0.15, 0.2) is 43.0 Å². The van der Waals surface area contributed by atoms with E-state index in [0.29, 0.717) is 6.42 Å². The maximum Gasteiger partial charge on any atom is 0.308 e. The Hall–Kier alpha value is -1.61. The summed E-state index contributed by atoms with van der Waals surface area (Å²) in [5.74, 6) is -0.210. The quantitative estimate of drug-likeness (QED) is 0.601. The molecule has 3 nitrogen and oxygen atoms in total. The van der Waals surface area contributed by atoms with Gasteiger partial charge in [0.25, 0.3) is 0 Å². The topological polar surface area (TPSA) is 35.5 Å². The summed E-state index contributed by atoms with van der Waals surface area (Å²) < 4.78 is 11.0. The zero-order valence-electron chi connectivity index (χ0n) is 11.1. The third-order valence-electron chi connectivity index (χ3n) is 3.28. The number of esters is 1. The fourth-order valence-corrected chi connectivity index (χ4v) is 2.36. The molecule has 0 radical (unpaired) electrons. The van der Waals surface area contributed by atoms with Crippen LogP contribution in [0, 0.1) is 0 Å². The molecule has 1 aliphatic heterocycles. The van der Waals surface area contributed by atoms with E-state index in [4.69, 9.17) is 9.47 Å². The molecule has 102 valence electrons. The first-order chi connectivity index (χ1) is 9.29. The Balaban J connectivity index is 1.87. The lowest BCUT2D eigenvalue weighted by Gasteiger charge is -2.29. The van der Waals surface area contributed by atoms with Gasteiger partial charge in [-0.3, -0.25) is 4.79 Å². The highest BCUT2D eigenvalue weighted by Crippen LogP contribution is 2.32. The zero-order chi connectivity index (χ0) is 13.5. The molecule has 2 atom stereocenters. The van der Waals surface area contributed by atoms with Crippen molar-refractivity contribution in [1.29, 1.82) is 0 Å². The summed E-state index contributed by atoms with van der Waals surface area (Å²) in [4.78, 5) is 11.6. The second-order valence-electron chi connectivity index (χ2n) is 4.76. The monoisotopic (exact) mass is 260 g/mol. The van der Waals surface area contributed by atoms with Crippen LogP contribution >= 0.6 is 0 Å². The standard InChI is InChI=1S/C16H20O3/c1-2-11-18-16(17)12-14-9-6-10-15(19-14)13-7-4-3-5-8-13/h2-5,7-8,14-15H,1,6,9-12H2/t14-,15+/m0/s1. The van der Waals surface area contributed by atoms with Gasteiger partial charge in [-0.2, -0.15) is 0 Å². The number of benzene rings is 1. The van der Waals surface area contributed by atoms with Crippen molar-refractivity contribution in [1.82, 2.24) is 0 Å². The average Bonchev–Trinajstić information content (AvgIpc) is 2.46. The molecule has 0 saturated carbocycles. The molecule has 1 fully saturated rings. The molecular formula is C16H20O3. The van der Waals surface area contributed by atoms with Crippen LogP contribution in [0.2, 0.25) is 0 Å². The minimum absolute atomic E-state index is 0.0312. The normalized spacial score (nSPS) is 22.7. The van der Waals surface area contributed by atoms with Gasteiger partial charge in [0, 0.05) is 0 Å². The van der Waals surface area contributed by atoms with Crippen LogP contribution in [0.5, 0.6) is 0 Å². The summed E-state index contributed by atoms with van der Waals surface area (Å²) in [5.41, 5.74) is 1.19. The molecule has 19 heavy (non-hydrogen) atoms. The maximum atomic E-state index is 11.6. The molecule has 0 N–H and O–H groups in total. The molecule has 0 bridgehead atoms. The molecule has 1 heterocycles. The van der Waals surface area contributed by atoms with Gasteiger partial charge in [0.05, 0.1) is 18.6 Å². The third kappa shape index (κ3) is 4.21. The van der Waals surface area contributed by atoms with E-state index in [2.05, 4.69) is 18.7 Å². The summed E-state index contributed by atoms with van der Waals surface area (Å²) in [6, 6.07) is 10.2. The van der Waals surface area contributed by atoms with Crippen molar-refractivity contribution in [3.63, 3.8) is 0 Å². The van der Waals surface area contributed by atoms with Crippen LogP contribution in [-0.4, -0.2) is 18.7 Å². The molecule has 0 unspecified atom stereocenters. The van der Waals surface area contributed by atoms with Crippen LogP contribution in [0.3, 0.4) is 0 Å². The Bertz CT molecular complexity index is 413. The Morgan fingerprint density at radius 1 is 1.37 bits per heavy atom. The molecule has 1 aromatic carbocycles. The number of rotatable bonds is 5. The van der Waals surface area contributed by atoms with E-state index in [1.54, 1.807) is 6.08 Å². The van der Waals surface area contributed by atoms with Gasteiger partial charge in [-0.05, 0) is 24.8 Å². The first-order valence-corrected chi connectivity index (χ1v) is 6.76. The second-order valence-corrected chi connectivity index (χ2v) is 4.76. The molecule has 0 amide bonds.